The number of hydrogen-bond acceptors (Lipinski definition) is 4. The first kappa shape index (κ1) is 10.0. The number of hydrogen-bond donors (Lipinski definition) is 0. The van der Waals surface area contributed by atoms with E-state index in [1.54, 1.807) is 6.07 Å². The van der Waals surface area contributed by atoms with Gasteiger partial charge >= 0.3 is 0 Å². The van der Waals surface area contributed by atoms with Crippen molar-refractivity contribution in [1.29, 1.82) is 5.26 Å². The van der Waals surface area contributed by atoms with E-state index in [2.05, 4.69) is 15.9 Å². The molecule has 0 spiro atoms. The summed E-state index contributed by atoms with van der Waals surface area (Å²) in [5.74, 6) is 0. The molecular formula is C7H3BrN2O2S. The number of benzene rings is 1. The predicted molar refractivity (Wildman–Crippen MR) is 52.3 cm³/mol. The highest BCUT2D eigenvalue weighted by atomic mass is 79.9. The summed E-state index contributed by atoms with van der Waals surface area (Å²) in [4.78, 5) is 10.6. The fourth-order valence-corrected chi connectivity index (χ4v) is 1.85. The van der Waals surface area contributed by atoms with Crippen molar-refractivity contribution in [2.24, 2.45) is 0 Å². The van der Waals surface area contributed by atoms with E-state index in [-0.39, 0.29) is 5.69 Å². The van der Waals surface area contributed by atoms with Gasteiger partial charge in [-0.15, -0.1) is 0 Å². The van der Waals surface area contributed by atoms with Crippen LogP contribution in [0.1, 0.15) is 0 Å². The Hall–Kier alpha value is -1.06. The molecule has 0 aliphatic rings. The summed E-state index contributed by atoms with van der Waals surface area (Å²) in [6, 6.07) is 4.45. The first-order valence-corrected chi connectivity index (χ1v) is 4.76. The minimum Gasteiger partial charge on any atom is -0.258 e. The van der Waals surface area contributed by atoms with Crippen LogP contribution in [0.25, 0.3) is 0 Å². The van der Waals surface area contributed by atoms with E-state index in [0.717, 1.165) is 11.8 Å². The van der Waals surface area contributed by atoms with E-state index in [0.29, 0.717) is 9.37 Å². The number of nitriles is 1. The molecule has 0 atom stereocenters. The Bertz CT molecular complexity index is 389. The zero-order chi connectivity index (χ0) is 9.84. The monoisotopic (exact) mass is 258 g/mol. The van der Waals surface area contributed by atoms with Crippen molar-refractivity contribution < 1.29 is 4.92 Å². The summed E-state index contributed by atoms with van der Waals surface area (Å²) < 4.78 is 0.387. The van der Waals surface area contributed by atoms with Crippen molar-refractivity contribution in [1.82, 2.24) is 0 Å². The third-order valence-electron chi connectivity index (χ3n) is 1.28. The number of thioether (sulfide) groups is 1. The van der Waals surface area contributed by atoms with Gasteiger partial charge in [-0.2, -0.15) is 5.26 Å². The van der Waals surface area contributed by atoms with Crippen LogP contribution in [0.15, 0.2) is 27.6 Å². The van der Waals surface area contributed by atoms with E-state index < -0.39 is 4.92 Å². The fraction of sp³-hybridized carbons (Fsp3) is 0. The second-order valence-corrected chi connectivity index (χ2v) is 3.78. The molecule has 6 heteroatoms. The molecule has 1 aromatic carbocycles. The molecule has 0 bridgehead atoms. The molecule has 0 radical (unpaired) electrons. The van der Waals surface area contributed by atoms with Crippen molar-refractivity contribution >= 4 is 33.4 Å². The quantitative estimate of drug-likeness (QED) is 0.354. The molecule has 1 aromatic rings. The Balaban J connectivity index is 3.07. The van der Waals surface area contributed by atoms with E-state index in [4.69, 9.17) is 5.26 Å². The molecule has 0 amide bonds. The average Bonchev–Trinajstić information content (AvgIpc) is 2.04. The minimum absolute atomic E-state index is 0.00212. The normalized spacial score (nSPS) is 9.23. The van der Waals surface area contributed by atoms with E-state index in [1.165, 1.54) is 12.1 Å². The van der Waals surface area contributed by atoms with E-state index >= 15 is 0 Å². The maximum atomic E-state index is 10.4. The molecule has 4 nitrogen and oxygen atoms in total. The van der Waals surface area contributed by atoms with Crippen molar-refractivity contribution in [2.45, 2.75) is 4.90 Å². The lowest BCUT2D eigenvalue weighted by Gasteiger charge is -1.96. The Morgan fingerprint density at radius 2 is 2.31 bits per heavy atom. The molecule has 0 saturated heterocycles. The topological polar surface area (TPSA) is 66.9 Å². The fourth-order valence-electron chi connectivity index (χ4n) is 0.752. The first-order chi connectivity index (χ1) is 6.15. The second-order valence-electron chi connectivity index (χ2n) is 2.06. The lowest BCUT2D eigenvalue weighted by Crippen LogP contribution is -1.88. The van der Waals surface area contributed by atoms with Crippen molar-refractivity contribution in [3.05, 3.63) is 32.8 Å². The van der Waals surface area contributed by atoms with Crippen LogP contribution in [0.2, 0.25) is 0 Å². The van der Waals surface area contributed by atoms with Gasteiger partial charge in [0.15, 0.2) is 0 Å². The molecule has 0 N–H and O–H groups in total. The number of nitrogens with zero attached hydrogens (tertiary/aromatic N) is 2. The summed E-state index contributed by atoms with van der Waals surface area (Å²) >= 11 is 4.02. The zero-order valence-corrected chi connectivity index (χ0v) is 8.63. The molecule has 1 rings (SSSR count). The van der Waals surface area contributed by atoms with Gasteiger partial charge in [-0.25, -0.2) is 0 Å². The van der Waals surface area contributed by atoms with E-state index in [9.17, 15) is 10.1 Å². The third-order valence-corrected chi connectivity index (χ3v) is 2.50. The Morgan fingerprint density at radius 1 is 1.62 bits per heavy atom. The number of nitro benzene ring substituents is 1. The molecule has 0 heterocycles. The minimum atomic E-state index is -0.481. The lowest BCUT2D eigenvalue weighted by atomic mass is 10.3. The zero-order valence-electron chi connectivity index (χ0n) is 6.23. The van der Waals surface area contributed by atoms with Crippen LogP contribution in [0.5, 0.6) is 0 Å². The summed E-state index contributed by atoms with van der Waals surface area (Å²) in [6.07, 6.45) is 0. The molecular weight excluding hydrogens is 256 g/mol. The van der Waals surface area contributed by atoms with Crippen molar-refractivity contribution in [2.75, 3.05) is 0 Å². The maximum absolute atomic E-state index is 10.4. The highest BCUT2D eigenvalue weighted by Crippen LogP contribution is 2.29. The molecule has 0 fully saturated rings. The SMILES string of the molecule is N#CSc1ccc([N+](=O)[O-])c(Br)c1. The van der Waals surface area contributed by atoms with Gasteiger partial charge in [0.25, 0.3) is 5.69 Å². The number of nitro groups is 1. The average molecular weight is 259 g/mol. The summed E-state index contributed by atoms with van der Waals surface area (Å²) in [6.45, 7) is 0. The van der Waals surface area contributed by atoms with Crippen LogP contribution >= 0.6 is 27.7 Å². The maximum Gasteiger partial charge on any atom is 0.283 e. The third kappa shape index (κ3) is 2.44. The molecule has 13 heavy (non-hydrogen) atoms. The number of rotatable bonds is 2. The molecule has 0 aliphatic carbocycles. The Labute approximate surface area is 86.8 Å². The van der Waals surface area contributed by atoms with E-state index in [1.807, 2.05) is 5.40 Å². The summed E-state index contributed by atoms with van der Waals surface area (Å²) in [7, 11) is 0. The van der Waals surface area contributed by atoms with Crippen LogP contribution in [0.3, 0.4) is 0 Å². The van der Waals surface area contributed by atoms with Crippen LogP contribution < -0.4 is 0 Å². The van der Waals surface area contributed by atoms with Crippen LogP contribution in [0.4, 0.5) is 5.69 Å². The highest BCUT2D eigenvalue weighted by Gasteiger charge is 2.11. The highest BCUT2D eigenvalue weighted by molar-refractivity contribution is 9.10. The van der Waals surface area contributed by atoms with Crippen LogP contribution in [-0.2, 0) is 0 Å². The van der Waals surface area contributed by atoms with Gasteiger partial charge in [0.05, 0.1) is 9.40 Å². The molecule has 0 saturated carbocycles. The van der Waals surface area contributed by atoms with Gasteiger partial charge < -0.3 is 0 Å². The number of halogens is 1. The van der Waals surface area contributed by atoms with Crippen molar-refractivity contribution in [3.8, 4) is 5.40 Å². The lowest BCUT2D eigenvalue weighted by molar-refractivity contribution is -0.385. The van der Waals surface area contributed by atoms with Gasteiger partial charge in [0.2, 0.25) is 0 Å². The molecule has 0 aromatic heterocycles. The van der Waals surface area contributed by atoms with Gasteiger partial charge in [-0.05, 0) is 39.8 Å². The number of thiocyanates is 1. The standard InChI is InChI=1S/C7H3BrN2O2S/c8-6-3-5(13-4-9)1-2-7(6)10(11)12/h1-3H. The Morgan fingerprint density at radius 3 is 2.77 bits per heavy atom. The largest absolute Gasteiger partial charge is 0.283 e. The Kier molecular flexibility index (Phi) is 3.28. The van der Waals surface area contributed by atoms with Crippen LogP contribution in [-0.4, -0.2) is 4.92 Å². The molecule has 66 valence electrons. The second kappa shape index (κ2) is 4.25. The van der Waals surface area contributed by atoms with Crippen molar-refractivity contribution in [3.63, 3.8) is 0 Å². The van der Waals surface area contributed by atoms with Gasteiger partial charge in [0, 0.05) is 11.0 Å². The molecule has 0 aliphatic heterocycles. The van der Waals surface area contributed by atoms with Gasteiger partial charge in [0.1, 0.15) is 5.40 Å². The van der Waals surface area contributed by atoms with Gasteiger partial charge in [-0.3, -0.25) is 10.1 Å². The molecule has 0 unspecified atom stereocenters. The first-order valence-electron chi connectivity index (χ1n) is 3.15. The summed E-state index contributed by atoms with van der Waals surface area (Å²) in [5.41, 5.74) is 0.00212. The summed E-state index contributed by atoms with van der Waals surface area (Å²) in [5, 5.41) is 20.6. The van der Waals surface area contributed by atoms with Gasteiger partial charge in [-0.1, -0.05) is 0 Å². The van der Waals surface area contributed by atoms with Crippen LogP contribution in [0, 0.1) is 20.8 Å². The predicted octanol–water partition coefficient (Wildman–Crippen LogP) is 2.93. The smallest absolute Gasteiger partial charge is 0.258 e.